The van der Waals surface area contributed by atoms with Crippen LogP contribution in [0, 0.1) is 6.92 Å². The molecule has 102 valence electrons. The highest BCUT2D eigenvalue weighted by atomic mass is 79.9. The van der Waals surface area contributed by atoms with Crippen LogP contribution in [0.1, 0.15) is 27.0 Å². The number of nitrogen functional groups attached to an aromatic ring is 1. The number of rotatable bonds is 1. The molecule has 1 aliphatic heterocycles. The van der Waals surface area contributed by atoms with Gasteiger partial charge in [-0.05, 0) is 53.9 Å². The van der Waals surface area contributed by atoms with Gasteiger partial charge in [-0.25, -0.2) is 0 Å². The lowest BCUT2D eigenvalue weighted by atomic mass is 10.1. The normalized spacial score (nSPS) is 13.4. The SMILES string of the molecule is Cc1cc(Br)ccc1C(=O)N1Cc2ccc(N)cc2C1. The maximum absolute atomic E-state index is 12.6. The number of amides is 1. The number of carbonyl (C=O) groups is 1. The molecule has 0 saturated heterocycles. The predicted octanol–water partition coefficient (Wildman–Crippen LogP) is 3.50. The lowest BCUT2D eigenvalue weighted by Gasteiger charge is -2.17. The van der Waals surface area contributed by atoms with Gasteiger partial charge < -0.3 is 10.6 Å². The maximum atomic E-state index is 12.6. The quantitative estimate of drug-likeness (QED) is 0.813. The highest BCUT2D eigenvalue weighted by Gasteiger charge is 2.25. The number of hydrogen-bond donors (Lipinski definition) is 1. The fraction of sp³-hybridized carbons (Fsp3) is 0.188. The number of aryl methyl sites for hydroxylation is 1. The first-order valence-electron chi connectivity index (χ1n) is 6.47. The third kappa shape index (κ3) is 2.31. The van der Waals surface area contributed by atoms with E-state index in [0.717, 1.165) is 26.9 Å². The topological polar surface area (TPSA) is 46.3 Å². The summed E-state index contributed by atoms with van der Waals surface area (Å²) in [6, 6.07) is 11.6. The standard InChI is InChI=1S/C16H15BrN2O/c1-10-6-13(17)3-5-15(10)16(20)19-8-11-2-4-14(18)7-12(11)9-19/h2-7H,8-9,18H2,1H3. The molecule has 0 saturated carbocycles. The van der Waals surface area contributed by atoms with Gasteiger partial charge in [0.1, 0.15) is 0 Å². The summed E-state index contributed by atoms with van der Waals surface area (Å²) in [6.45, 7) is 3.25. The number of benzene rings is 2. The van der Waals surface area contributed by atoms with Crippen molar-refractivity contribution in [2.75, 3.05) is 5.73 Å². The number of nitrogens with zero attached hydrogens (tertiary/aromatic N) is 1. The van der Waals surface area contributed by atoms with Crippen molar-refractivity contribution in [2.45, 2.75) is 20.0 Å². The highest BCUT2D eigenvalue weighted by molar-refractivity contribution is 9.10. The van der Waals surface area contributed by atoms with Gasteiger partial charge in [0.25, 0.3) is 5.91 Å². The zero-order chi connectivity index (χ0) is 14.3. The highest BCUT2D eigenvalue weighted by Crippen LogP contribution is 2.27. The molecule has 0 unspecified atom stereocenters. The zero-order valence-corrected chi connectivity index (χ0v) is 12.8. The van der Waals surface area contributed by atoms with Crippen LogP contribution in [0.4, 0.5) is 5.69 Å². The van der Waals surface area contributed by atoms with Gasteiger partial charge in [0.2, 0.25) is 0 Å². The number of nitrogens with two attached hydrogens (primary N) is 1. The first-order valence-corrected chi connectivity index (χ1v) is 7.26. The van der Waals surface area contributed by atoms with E-state index in [-0.39, 0.29) is 5.91 Å². The summed E-state index contributed by atoms with van der Waals surface area (Å²) in [4.78, 5) is 14.5. The Labute approximate surface area is 126 Å². The lowest BCUT2D eigenvalue weighted by molar-refractivity contribution is 0.0750. The second-order valence-corrected chi connectivity index (χ2v) is 6.06. The fourth-order valence-electron chi connectivity index (χ4n) is 2.60. The Hall–Kier alpha value is -1.81. The van der Waals surface area contributed by atoms with Crippen molar-refractivity contribution in [3.05, 3.63) is 63.1 Å². The van der Waals surface area contributed by atoms with Crippen molar-refractivity contribution in [3.8, 4) is 0 Å². The second-order valence-electron chi connectivity index (χ2n) is 5.15. The minimum atomic E-state index is 0.0739. The van der Waals surface area contributed by atoms with E-state index in [9.17, 15) is 4.79 Å². The third-order valence-electron chi connectivity index (χ3n) is 3.66. The molecule has 1 amide bonds. The van der Waals surface area contributed by atoms with E-state index < -0.39 is 0 Å². The average Bonchev–Trinajstić information content (AvgIpc) is 2.81. The van der Waals surface area contributed by atoms with Gasteiger partial charge in [-0.1, -0.05) is 22.0 Å². The summed E-state index contributed by atoms with van der Waals surface area (Å²) < 4.78 is 0.990. The van der Waals surface area contributed by atoms with Crippen LogP contribution in [0.15, 0.2) is 40.9 Å². The smallest absolute Gasteiger partial charge is 0.254 e. The Morgan fingerprint density at radius 1 is 1.15 bits per heavy atom. The van der Waals surface area contributed by atoms with Gasteiger partial charge in [0.15, 0.2) is 0 Å². The van der Waals surface area contributed by atoms with Crippen LogP contribution in [0.2, 0.25) is 0 Å². The van der Waals surface area contributed by atoms with Gasteiger partial charge in [0.05, 0.1) is 0 Å². The molecule has 0 bridgehead atoms. The molecule has 3 nitrogen and oxygen atoms in total. The molecule has 2 N–H and O–H groups in total. The predicted molar refractivity (Wildman–Crippen MR) is 83.3 cm³/mol. The second kappa shape index (κ2) is 4.94. The van der Waals surface area contributed by atoms with Crippen molar-refractivity contribution in [2.24, 2.45) is 0 Å². The Kier molecular flexibility index (Phi) is 3.26. The molecule has 0 atom stereocenters. The van der Waals surface area contributed by atoms with Crippen molar-refractivity contribution in [1.82, 2.24) is 4.90 Å². The summed E-state index contributed by atoms with van der Waals surface area (Å²) in [5.41, 5.74) is 10.6. The minimum Gasteiger partial charge on any atom is -0.399 e. The van der Waals surface area contributed by atoms with Gasteiger partial charge in [-0.2, -0.15) is 0 Å². The molecule has 0 spiro atoms. The average molecular weight is 331 g/mol. The molecule has 0 aromatic heterocycles. The number of carbonyl (C=O) groups excluding carboxylic acids is 1. The molecule has 2 aromatic rings. The summed E-state index contributed by atoms with van der Waals surface area (Å²) in [7, 11) is 0. The van der Waals surface area contributed by atoms with Crippen LogP contribution in [-0.2, 0) is 13.1 Å². The Bertz CT molecular complexity index is 697. The van der Waals surface area contributed by atoms with Gasteiger partial charge in [0, 0.05) is 28.8 Å². The van der Waals surface area contributed by atoms with Crippen LogP contribution in [0.5, 0.6) is 0 Å². The summed E-state index contributed by atoms with van der Waals surface area (Å²) >= 11 is 3.42. The zero-order valence-electron chi connectivity index (χ0n) is 11.2. The first-order chi connectivity index (χ1) is 9.54. The summed E-state index contributed by atoms with van der Waals surface area (Å²) in [6.07, 6.45) is 0. The van der Waals surface area contributed by atoms with E-state index >= 15 is 0 Å². The van der Waals surface area contributed by atoms with Gasteiger partial charge in [-0.3, -0.25) is 4.79 Å². The van der Waals surface area contributed by atoms with Gasteiger partial charge in [-0.15, -0.1) is 0 Å². The van der Waals surface area contributed by atoms with Crippen molar-refractivity contribution in [1.29, 1.82) is 0 Å². The largest absolute Gasteiger partial charge is 0.399 e. The van der Waals surface area contributed by atoms with E-state index in [2.05, 4.69) is 15.9 Å². The molecule has 0 radical (unpaired) electrons. The lowest BCUT2D eigenvalue weighted by Crippen LogP contribution is -2.25. The maximum Gasteiger partial charge on any atom is 0.254 e. The van der Waals surface area contributed by atoms with E-state index in [1.54, 1.807) is 0 Å². The Morgan fingerprint density at radius 2 is 1.90 bits per heavy atom. The van der Waals surface area contributed by atoms with E-state index in [0.29, 0.717) is 13.1 Å². The molecule has 1 aliphatic rings. The number of fused-ring (bicyclic) bond motifs is 1. The number of hydrogen-bond acceptors (Lipinski definition) is 2. The van der Waals surface area contributed by atoms with Crippen molar-refractivity contribution < 1.29 is 4.79 Å². The molecule has 0 aliphatic carbocycles. The Morgan fingerprint density at radius 3 is 2.65 bits per heavy atom. The van der Waals surface area contributed by atoms with E-state index in [1.807, 2.05) is 48.2 Å². The van der Waals surface area contributed by atoms with E-state index in [4.69, 9.17) is 5.73 Å². The molecule has 2 aromatic carbocycles. The molecular weight excluding hydrogens is 316 g/mol. The number of halogens is 1. The van der Waals surface area contributed by atoms with Crippen LogP contribution in [0.3, 0.4) is 0 Å². The molecule has 4 heteroatoms. The minimum absolute atomic E-state index is 0.0739. The summed E-state index contributed by atoms with van der Waals surface area (Å²) in [5, 5.41) is 0. The van der Waals surface area contributed by atoms with Crippen LogP contribution in [0.25, 0.3) is 0 Å². The summed E-state index contributed by atoms with van der Waals surface area (Å²) in [5.74, 6) is 0.0739. The Balaban J connectivity index is 1.87. The van der Waals surface area contributed by atoms with Crippen LogP contribution in [-0.4, -0.2) is 10.8 Å². The third-order valence-corrected chi connectivity index (χ3v) is 4.15. The molecule has 0 fully saturated rings. The number of anilines is 1. The monoisotopic (exact) mass is 330 g/mol. The molecule has 1 heterocycles. The molecule has 20 heavy (non-hydrogen) atoms. The first kappa shape index (κ1) is 13.2. The molecule has 3 rings (SSSR count). The van der Waals surface area contributed by atoms with Crippen molar-refractivity contribution >= 4 is 27.5 Å². The van der Waals surface area contributed by atoms with Gasteiger partial charge >= 0.3 is 0 Å². The van der Waals surface area contributed by atoms with Crippen molar-refractivity contribution in [3.63, 3.8) is 0 Å². The molecular formula is C16H15BrN2O. The van der Waals surface area contributed by atoms with Crippen LogP contribution >= 0.6 is 15.9 Å². The van der Waals surface area contributed by atoms with E-state index in [1.165, 1.54) is 5.56 Å². The van der Waals surface area contributed by atoms with Crippen LogP contribution < -0.4 is 5.73 Å². The fourth-order valence-corrected chi connectivity index (χ4v) is 3.07.